The highest BCUT2D eigenvalue weighted by Crippen LogP contribution is 2.23. The first kappa shape index (κ1) is 66.7. The second-order valence-corrected chi connectivity index (χ2v) is 21.5. The molecule has 0 bridgehead atoms. The Morgan fingerprint density at radius 3 is 1.23 bits per heavy atom. The number of rotatable bonds is 53. The molecule has 1 amide bonds. The second kappa shape index (κ2) is 51.2. The quantitative estimate of drug-likeness (QED) is 0.0261. The van der Waals surface area contributed by atoms with Crippen molar-refractivity contribution < 1.29 is 39.8 Å². The van der Waals surface area contributed by atoms with Gasteiger partial charge in [-0.05, 0) is 44.9 Å². The molecule has 7 atom stereocenters. The average molecular weight is 993 g/mol. The van der Waals surface area contributed by atoms with Crippen molar-refractivity contribution in [3.63, 3.8) is 0 Å². The molecule has 414 valence electrons. The molecule has 0 radical (unpaired) electrons. The van der Waals surface area contributed by atoms with E-state index < -0.39 is 49.5 Å². The molecule has 70 heavy (non-hydrogen) atoms. The van der Waals surface area contributed by atoms with Gasteiger partial charge >= 0.3 is 0 Å². The van der Waals surface area contributed by atoms with Crippen LogP contribution in [0.1, 0.15) is 303 Å². The third-order valence-electron chi connectivity index (χ3n) is 14.8. The summed E-state index contributed by atoms with van der Waals surface area (Å²) in [5, 5.41) is 54.8. The van der Waals surface area contributed by atoms with Crippen LogP contribution >= 0.6 is 0 Å². The van der Waals surface area contributed by atoms with Crippen LogP contribution in [0.3, 0.4) is 0 Å². The first-order chi connectivity index (χ1) is 34.3. The van der Waals surface area contributed by atoms with Gasteiger partial charge < -0.3 is 40.3 Å². The van der Waals surface area contributed by atoms with Crippen LogP contribution in [0.15, 0.2) is 24.3 Å². The van der Waals surface area contributed by atoms with Crippen molar-refractivity contribution in [2.24, 2.45) is 0 Å². The Labute approximate surface area is 432 Å². The number of nitrogens with one attached hydrogen (secondary N) is 1. The van der Waals surface area contributed by atoms with Crippen LogP contribution in [0.4, 0.5) is 0 Å². The Morgan fingerprint density at radius 2 is 0.843 bits per heavy atom. The van der Waals surface area contributed by atoms with Gasteiger partial charge in [-0.15, -0.1) is 0 Å². The Kier molecular flexibility index (Phi) is 48.7. The Bertz CT molecular complexity index is 1150. The molecule has 9 heteroatoms. The molecule has 7 unspecified atom stereocenters. The number of carbonyl (C=O) groups excluding carboxylic acids is 1. The maximum Gasteiger partial charge on any atom is 0.220 e. The number of aliphatic hydroxyl groups is 5. The lowest BCUT2D eigenvalue weighted by Gasteiger charge is -2.40. The molecular formula is C61H117NO8. The normalized spacial score (nSPS) is 19.4. The van der Waals surface area contributed by atoms with Gasteiger partial charge in [0, 0.05) is 6.42 Å². The molecule has 1 saturated heterocycles. The summed E-state index contributed by atoms with van der Waals surface area (Å²) < 4.78 is 11.3. The summed E-state index contributed by atoms with van der Waals surface area (Å²) in [5.74, 6) is -0.140. The number of carbonyl (C=O) groups is 1. The molecule has 0 saturated carbocycles. The highest BCUT2D eigenvalue weighted by molar-refractivity contribution is 5.76. The summed E-state index contributed by atoms with van der Waals surface area (Å²) in [4.78, 5) is 13.1. The second-order valence-electron chi connectivity index (χ2n) is 21.5. The predicted octanol–water partition coefficient (Wildman–Crippen LogP) is 15.4. The molecule has 0 aromatic rings. The lowest BCUT2D eigenvalue weighted by Crippen LogP contribution is -2.60. The van der Waals surface area contributed by atoms with Gasteiger partial charge in [-0.3, -0.25) is 4.79 Å². The molecule has 0 spiro atoms. The van der Waals surface area contributed by atoms with Crippen LogP contribution < -0.4 is 5.32 Å². The summed E-state index contributed by atoms with van der Waals surface area (Å²) in [6.45, 7) is 3.87. The Balaban J connectivity index is 2.18. The zero-order valence-corrected chi connectivity index (χ0v) is 46.0. The van der Waals surface area contributed by atoms with Gasteiger partial charge in [0.2, 0.25) is 5.91 Å². The summed E-state index contributed by atoms with van der Waals surface area (Å²) in [6.07, 6.45) is 57.8. The molecule has 0 aromatic carbocycles. The van der Waals surface area contributed by atoms with Crippen LogP contribution in [0, 0.1) is 0 Å². The molecule has 1 aliphatic heterocycles. The first-order valence-corrected chi connectivity index (χ1v) is 30.5. The molecule has 9 nitrogen and oxygen atoms in total. The molecule has 1 fully saturated rings. The van der Waals surface area contributed by atoms with Gasteiger partial charge in [-0.2, -0.15) is 0 Å². The van der Waals surface area contributed by atoms with E-state index in [1.54, 1.807) is 0 Å². The summed E-state index contributed by atoms with van der Waals surface area (Å²) in [5.41, 5.74) is 0. The van der Waals surface area contributed by atoms with E-state index in [0.29, 0.717) is 12.8 Å². The zero-order valence-electron chi connectivity index (χ0n) is 46.0. The number of allylic oxidation sites excluding steroid dienone is 4. The highest BCUT2D eigenvalue weighted by Gasteiger charge is 2.44. The van der Waals surface area contributed by atoms with Gasteiger partial charge in [0.25, 0.3) is 0 Å². The molecule has 0 aromatic heterocycles. The van der Waals surface area contributed by atoms with Gasteiger partial charge in [0.1, 0.15) is 24.4 Å². The topological polar surface area (TPSA) is 149 Å². The van der Waals surface area contributed by atoms with Crippen molar-refractivity contribution in [1.82, 2.24) is 5.32 Å². The van der Waals surface area contributed by atoms with E-state index in [-0.39, 0.29) is 12.5 Å². The fraction of sp³-hybridized carbons (Fsp3) is 0.918. The number of ether oxygens (including phenoxy) is 2. The third kappa shape index (κ3) is 40.1. The molecule has 1 rings (SSSR count). The van der Waals surface area contributed by atoms with E-state index in [0.717, 1.165) is 44.9 Å². The van der Waals surface area contributed by atoms with Crippen LogP contribution in [0.5, 0.6) is 0 Å². The number of aliphatic hydroxyl groups excluding tert-OH is 5. The minimum atomic E-state index is -1.55. The maximum atomic E-state index is 13.1. The molecule has 0 aliphatic carbocycles. The minimum absolute atomic E-state index is 0.135. The number of amides is 1. The van der Waals surface area contributed by atoms with Crippen molar-refractivity contribution in [3.8, 4) is 0 Å². The van der Waals surface area contributed by atoms with E-state index in [2.05, 4.69) is 43.5 Å². The number of unbranched alkanes of at least 4 members (excludes halogenated alkanes) is 39. The largest absolute Gasteiger partial charge is 0.394 e. The molecule has 1 heterocycles. The molecular weight excluding hydrogens is 875 g/mol. The van der Waals surface area contributed by atoms with E-state index in [4.69, 9.17) is 9.47 Å². The van der Waals surface area contributed by atoms with Crippen molar-refractivity contribution in [1.29, 1.82) is 0 Å². The van der Waals surface area contributed by atoms with E-state index in [1.165, 1.54) is 231 Å². The smallest absolute Gasteiger partial charge is 0.220 e. The fourth-order valence-corrected chi connectivity index (χ4v) is 9.96. The van der Waals surface area contributed by atoms with Crippen LogP contribution in [-0.4, -0.2) is 87.5 Å². The van der Waals surface area contributed by atoms with Gasteiger partial charge in [0.05, 0.1) is 25.4 Å². The summed E-state index contributed by atoms with van der Waals surface area (Å²) in [6, 6.07) is -0.719. The molecule has 1 aliphatic rings. The highest BCUT2D eigenvalue weighted by atomic mass is 16.7. The standard InChI is InChI=1S/C61H117NO8/c1-3-5-7-9-11-13-15-17-19-21-23-25-27-28-29-31-33-35-37-39-41-43-45-47-49-51-57(65)62-54(53-69-61-60(68)59(67)58(66)56(52-63)70-61)55(64)50-48-46-44-42-40-38-36-34-32-30-26-24-22-20-18-16-14-12-10-8-6-4-2/h15,17,21,23,54-56,58-61,63-64,66-68H,3-14,16,18-20,22,24-53H2,1-2H3,(H,62,65)/b17-15-,23-21-. The van der Waals surface area contributed by atoms with Crippen molar-refractivity contribution in [2.45, 2.75) is 346 Å². The van der Waals surface area contributed by atoms with Crippen molar-refractivity contribution >= 4 is 5.91 Å². The van der Waals surface area contributed by atoms with Crippen LogP contribution in [0.25, 0.3) is 0 Å². The monoisotopic (exact) mass is 992 g/mol. The van der Waals surface area contributed by atoms with Gasteiger partial charge in [-0.1, -0.05) is 276 Å². The Morgan fingerprint density at radius 1 is 0.486 bits per heavy atom. The van der Waals surface area contributed by atoms with Gasteiger partial charge in [-0.25, -0.2) is 0 Å². The lowest BCUT2D eigenvalue weighted by molar-refractivity contribution is -0.302. The Hall–Kier alpha value is -1.33. The zero-order chi connectivity index (χ0) is 50.8. The third-order valence-corrected chi connectivity index (χ3v) is 14.8. The minimum Gasteiger partial charge on any atom is -0.394 e. The predicted molar refractivity (Wildman–Crippen MR) is 295 cm³/mol. The number of hydrogen-bond acceptors (Lipinski definition) is 8. The number of hydrogen-bond donors (Lipinski definition) is 6. The SMILES string of the molecule is CCCCCCC/C=C\C/C=C\CCCCCCCCCCCCCCCC(=O)NC(COC1OC(CO)C(O)C(O)C1O)C(O)CCCCCCCCCCCCCCCCCCCCCCCC. The lowest BCUT2D eigenvalue weighted by atomic mass is 9.99. The first-order valence-electron chi connectivity index (χ1n) is 30.5. The van der Waals surface area contributed by atoms with Crippen molar-refractivity contribution in [3.05, 3.63) is 24.3 Å². The average Bonchev–Trinajstić information content (AvgIpc) is 3.36. The fourth-order valence-electron chi connectivity index (χ4n) is 9.96. The van der Waals surface area contributed by atoms with E-state index >= 15 is 0 Å². The maximum absolute atomic E-state index is 13.1. The molecule has 6 N–H and O–H groups in total. The summed E-state index contributed by atoms with van der Waals surface area (Å²) >= 11 is 0. The van der Waals surface area contributed by atoms with Crippen LogP contribution in [-0.2, 0) is 14.3 Å². The van der Waals surface area contributed by atoms with Crippen molar-refractivity contribution in [2.75, 3.05) is 13.2 Å². The van der Waals surface area contributed by atoms with Crippen LogP contribution in [0.2, 0.25) is 0 Å². The van der Waals surface area contributed by atoms with E-state index in [1.807, 2.05) is 0 Å². The van der Waals surface area contributed by atoms with Gasteiger partial charge in [0.15, 0.2) is 6.29 Å². The summed E-state index contributed by atoms with van der Waals surface area (Å²) in [7, 11) is 0. The van der Waals surface area contributed by atoms with E-state index in [9.17, 15) is 30.3 Å².